The van der Waals surface area contributed by atoms with E-state index in [0.717, 1.165) is 11.6 Å². The summed E-state index contributed by atoms with van der Waals surface area (Å²) in [4.78, 5) is 25.9. The number of carbonyl (C=O) groups is 2. The molecule has 3 rings (SSSR count). The molecule has 0 saturated carbocycles. The van der Waals surface area contributed by atoms with Crippen molar-refractivity contribution >= 4 is 23.2 Å². The van der Waals surface area contributed by atoms with Gasteiger partial charge in [0, 0.05) is 12.1 Å². The van der Waals surface area contributed by atoms with E-state index >= 15 is 0 Å². The molecule has 1 aromatic heterocycles. The van der Waals surface area contributed by atoms with Crippen molar-refractivity contribution in [1.29, 1.82) is 0 Å². The summed E-state index contributed by atoms with van der Waals surface area (Å²) in [7, 11) is 0. The number of nitrogens with one attached hydrogen (secondary N) is 1. The second-order valence-corrected chi connectivity index (χ2v) is 6.23. The van der Waals surface area contributed by atoms with E-state index in [9.17, 15) is 14.0 Å². The monoisotopic (exact) mass is 348 g/mol. The third-order valence-electron chi connectivity index (χ3n) is 3.82. The van der Waals surface area contributed by atoms with E-state index in [-0.39, 0.29) is 24.1 Å². The molecule has 5 nitrogen and oxygen atoms in total. The molecule has 0 radical (unpaired) electrons. The fourth-order valence-corrected chi connectivity index (χ4v) is 3.24. The van der Waals surface area contributed by atoms with Gasteiger partial charge in [0.2, 0.25) is 5.91 Å². The Kier molecular flexibility index (Phi) is 5.22. The fraction of sp³-hybridized carbons (Fsp3) is 0.294. The third kappa shape index (κ3) is 3.98. The van der Waals surface area contributed by atoms with Gasteiger partial charge in [-0.05, 0) is 40.6 Å². The number of thiophene rings is 1. The van der Waals surface area contributed by atoms with E-state index in [1.54, 1.807) is 16.2 Å². The molecule has 0 aliphatic carbocycles. The van der Waals surface area contributed by atoms with Crippen LogP contribution in [0.3, 0.4) is 0 Å². The Balaban J connectivity index is 1.54. The highest BCUT2D eigenvalue weighted by Crippen LogP contribution is 2.24. The van der Waals surface area contributed by atoms with E-state index in [0.29, 0.717) is 19.7 Å². The van der Waals surface area contributed by atoms with Gasteiger partial charge >= 0.3 is 0 Å². The van der Waals surface area contributed by atoms with Gasteiger partial charge in [0.15, 0.2) is 0 Å². The van der Waals surface area contributed by atoms with Crippen molar-refractivity contribution < 1.29 is 18.7 Å². The molecule has 0 unspecified atom stereocenters. The molecular weight excluding hydrogens is 331 g/mol. The molecule has 2 aromatic rings. The summed E-state index contributed by atoms with van der Waals surface area (Å²) in [6.07, 6.45) is -0.132. The number of rotatable bonds is 4. The van der Waals surface area contributed by atoms with E-state index in [4.69, 9.17) is 4.74 Å². The molecule has 1 atom stereocenters. The van der Waals surface area contributed by atoms with Gasteiger partial charge in [-0.1, -0.05) is 6.07 Å². The second-order valence-electron chi connectivity index (χ2n) is 5.45. The van der Waals surface area contributed by atoms with Crippen LogP contribution in [-0.2, 0) is 9.53 Å². The Bertz CT molecular complexity index is 720. The number of morpholine rings is 1. The van der Waals surface area contributed by atoms with Crippen LogP contribution in [0.15, 0.2) is 41.1 Å². The van der Waals surface area contributed by atoms with Crippen molar-refractivity contribution in [2.45, 2.75) is 6.10 Å². The lowest BCUT2D eigenvalue weighted by Gasteiger charge is -2.32. The Morgan fingerprint density at radius 1 is 1.38 bits per heavy atom. The number of ether oxygens (including phenoxy) is 1. The van der Waals surface area contributed by atoms with Crippen LogP contribution >= 0.6 is 11.3 Å². The molecule has 1 fully saturated rings. The zero-order valence-electron chi connectivity index (χ0n) is 12.9. The Morgan fingerprint density at radius 2 is 2.25 bits per heavy atom. The van der Waals surface area contributed by atoms with Gasteiger partial charge in [-0.25, -0.2) is 4.39 Å². The highest BCUT2D eigenvalue weighted by Gasteiger charge is 2.25. The van der Waals surface area contributed by atoms with E-state index in [2.05, 4.69) is 5.32 Å². The second kappa shape index (κ2) is 7.55. The number of nitrogens with zero attached hydrogens (tertiary/aromatic N) is 1. The van der Waals surface area contributed by atoms with Gasteiger partial charge in [-0.15, -0.1) is 0 Å². The highest BCUT2D eigenvalue weighted by molar-refractivity contribution is 7.07. The van der Waals surface area contributed by atoms with Crippen LogP contribution in [0.4, 0.5) is 4.39 Å². The van der Waals surface area contributed by atoms with E-state index < -0.39 is 11.7 Å². The minimum atomic E-state index is -0.485. The highest BCUT2D eigenvalue weighted by atomic mass is 32.1. The molecule has 1 aliphatic heterocycles. The zero-order valence-corrected chi connectivity index (χ0v) is 13.7. The maximum atomic E-state index is 13.1. The van der Waals surface area contributed by atoms with Crippen LogP contribution in [0.25, 0.3) is 0 Å². The van der Waals surface area contributed by atoms with E-state index in [1.165, 1.54) is 18.2 Å². The zero-order chi connectivity index (χ0) is 16.9. The molecule has 1 N–H and O–H groups in total. The van der Waals surface area contributed by atoms with Gasteiger partial charge in [0.05, 0.1) is 19.7 Å². The minimum absolute atomic E-state index is 0.119. The van der Waals surface area contributed by atoms with Gasteiger partial charge in [0.1, 0.15) is 11.9 Å². The maximum absolute atomic E-state index is 13.1. The maximum Gasteiger partial charge on any atom is 0.251 e. The van der Waals surface area contributed by atoms with Crippen molar-refractivity contribution in [3.8, 4) is 0 Å². The number of amides is 2. The summed E-state index contributed by atoms with van der Waals surface area (Å²) in [5.41, 5.74) is 1.25. The van der Waals surface area contributed by atoms with Crippen molar-refractivity contribution in [2.75, 3.05) is 26.2 Å². The quantitative estimate of drug-likeness (QED) is 0.922. The molecular formula is C17H17FN2O3S. The molecule has 1 saturated heterocycles. The number of hydrogen-bond donors (Lipinski definition) is 1. The standard InChI is InChI=1S/C17H17FN2O3S/c18-14-3-1-2-12(8-14)17(22)19-9-16(21)20-5-6-23-15(10-20)13-4-7-24-11-13/h1-4,7-8,11,15H,5-6,9-10H2,(H,19,22)/t15-/m0/s1. The summed E-state index contributed by atoms with van der Waals surface area (Å²) < 4.78 is 18.8. The summed E-state index contributed by atoms with van der Waals surface area (Å²) in [5, 5.41) is 6.51. The van der Waals surface area contributed by atoms with Crippen LogP contribution in [0.5, 0.6) is 0 Å². The SMILES string of the molecule is O=C(NCC(=O)N1CCO[C@H](c2ccsc2)C1)c1cccc(F)c1. The minimum Gasteiger partial charge on any atom is -0.370 e. The van der Waals surface area contributed by atoms with Crippen LogP contribution in [0.1, 0.15) is 22.0 Å². The Labute approximate surface area is 143 Å². The van der Waals surface area contributed by atoms with Crippen molar-refractivity contribution in [3.63, 3.8) is 0 Å². The molecule has 1 aliphatic rings. The van der Waals surface area contributed by atoms with Crippen molar-refractivity contribution in [2.24, 2.45) is 0 Å². The first-order valence-corrected chi connectivity index (χ1v) is 8.53. The molecule has 126 valence electrons. The predicted molar refractivity (Wildman–Crippen MR) is 88.3 cm³/mol. The molecule has 7 heteroatoms. The summed E-state index contributed by atoms with van der Waals surface area (Å²) in [6.45, 7) is 1.30. The number of carbonyl (C=O) groups excluding carboxylic acids is 2. The van der Waals surface area contributed by atoms with Gasteiger partial charge in [-0.2, -0.15) is 11.3 Å². The molecule has 0 spiro atoms. The van der Waals surface area contributed by atoms with Gasteiger partial charge < -0.3 is 15.0 Å². The Morgan fingerprint density at radius 3 is 3.00 bits per heavy atom. The molecule has 2 heterocycles. The third-order valence-corrected chi connectivity index (χ3v) is 4.52. The predicted octanol–water partition coefficient (Wildman–Crippen LogP) is 2.22. The van der Waals surface area contributed by atoms with E-state index in [1.807, 2.05) is 16.8 Å². The van der Waals surface area contributed by atoms with Crippen LogP contribution in [-0.4, -0.2) is 43.0 Å². The summed E-state index contributed by atoms with van der Waals surface area (Å²) >= 11 is 1.58. The lowest BCUT2D eigenvalue weighted by molar-refractivity contribution is -0.137. The topological polar surface area (TPSA) is 58.6 Å². The first kappa shape index (κ1) is 16.6. The lowest BCUT2D eigenvalue weighted by atomic mass is 10.1. The van der Waals surface area contributed by atoms with Crippen LogP contribution in [0, 0.1) is 5.82 Å². The molecule has 2 amide bonds. The first-order chi connectivity index (χ1) is 11.6. The largest absolute Gasteiger partial charge is 0.370 e. The smallest absolute Gasteiger partial charge is 0.251 e. The van der Waals surface area contributed by atoms with Crippen molar-refractivity contribution in [1.82, 2.24) is 10.2 Å². The number of halogens is 1. The van der Waals surface area contributed by atoms with Crippen LogP contribution < -0.4 is 5.32 Å². The summed E-state index contributed by atoms with van der Waals surface area (Å²) in [6, 6.07) is 7.35. The fourth-order valence-electron chi connectivity index (χ4n) is 2.54. The molecule has 0 bridgehead atoms. The lowest BCUT2D eigenvalue weighted by Crippen LogP contribution is -2.46. The number of benzene rings is 1. The average Bonchev–Trinajstić information content (AvgIpc) is 3.14. The van der Waals surface area contributed by atoms with Crippen molar-refractivity contribution in [3.05, 3.63) is 58.0 Å². The van der Waals surface area contributed by atoms with Gasteiger partial charge in [0.25, 0.3) is 5.91 Å². The van der Waals surface area contributed by atoms with Crippen LogP contribution in [0.2, 0.25) is 0 Å². The number of hydrogen-bond acceptors (Lipinski definition) is 4. The first-order valence-electron chi connectivity index (χ1n) is 7.59. The molecule has 1 aromatic carbocycles. The van der Waals surface area contributed by atoms with Gasteiger partial charge in [-0.3, -0.25) is 9.59 Å². The normalized spacial score (nSPS) is 17.5. The average molecular weight is 348 g/mol. The summed E-state index contributed by atoms with van der Waals surface area (Å²) in [5.74, 6) is -1.13. The molecule has 24 heavy (non-hydrogen) atoms. The Hall–Kier alpha value is -2.25.